The molecule has 1 aromatic rings. The van der Waals surface area contributed by atoms with Crippen LogP contribution in [-0.2, 0) is 11.3 Å². The van der Waals surface area contributed by atoms with Crippen molar-refractivity contribution in [1.82, 2.24) is 15.5 Å². The molecule has 0 aliphatic carbocycles. The number of carbonyl (C=O) groups is 2. The Kier molecular flexibility index (Phi) is 10.6. The number of halogens is 1. The van der Waals surface area contributed by atoms with Gasteiger partial charge in [0.15, 0.2) is 5.96 Å². The largest absolute Gasteiger partial charge is 0.450 e. The Morgan fingerprint density at radius 2 is 2.00 bits per heavy atom. The van der Waals surface area contributed by atoms with Gasteiger partial charge in [-0.25, -0.2) is 9.79 Å². The number of ether oxygens (including phenoxy) is 1. The van der Waals surface area contributed by atoms with Crippen LogP contribution < -0.4 is 16.4 Å². The monoisotopic (exact) mass is 503 g/mol. The summed E-state index contributed by atoms with van der Waals surface area (Å²) in [5.74, 6) is 0.274. The van der Waals surface area contributed by atoms with Crippen LogP contribution in [0.25, 0.3) is 0 Å². The number of hydrogen-bond donors (Lipinski definition) is 3. The molecule has 0 saturated carbocycles. The van der Waals surface area contributed by atoms with Gasteiger partial charge >= 0.3 is 6.09 Å². The Balaban J connectivity index is 0.00000392. The fourth-order valence-electron chi connectivity index (χ4n) is 2.93. The van der Waals surface area contributed by atoms with Crippen molar-refractivity contribution in [2.24, 2.45) is 10.7 Å². The molecule has 156 valence electrons. The fraction of sp³-hybridized carbons (Fsp3) is 0.526. The van der Waals surface area contributed by atoms with E-state index in [9.17, 15) is 9.59 Å². The molecule has 2 rings (SSSR count). The highest BCUT2D eigenvalue weighted by Gasteiger charge is 2.23. The maximum atomic E-state index is 11.9. The molecular formula is C19H30IN5O3. The van der Waals surface area contributed by atoms with Crippen molar-refractivity contribution in [3.05, 3.63) is 35.4 Å². The summed E-state index contributed by atoms with van der Waals surface area (Å²) >= 11 is 0. The summed E-state index contributed by atoms with van der Waals surface area (Å²) in [5, 5.41) is 5.99. The van der Waals surface area contributed by atoms with Gasteiger partial charge in [-0.1, -0.05) is 12.1 Å². The average molecular weight is 503 g/mol. The van der Waals surface area contributed by atoms with E-state index in [1.54, 1.807) is 17.9 Å². The average Bonchev–Trinajstić information content (AvgIpc) is 2.67. The standard InChI is InChI=1S/C19H29N5O3.HI/c1-3-21-17(25)15-7-5-6-14(12-15)13-22-18(20)23-16-8-10-24(11-9-16)19(26)27-4-2;/h5-7,12,16H,3-4,8-11,13H2,1-2H3,(H,21,25)(H3,20,22,23);1H. The Labute approximate surface area is 183 Å². The van der Waals surface area contributed by atoms with Crippen molar-refractivity contribution in [2.75, 3.05) is 26.2 Å². The Morgan fingerprint density at radius 3 is 2.64 bits per heavy atom. The first-order valence-corrected chi connectivity index (χ1v) is 9.38. The fourth-order valence-corrected chi connectivity index (χ4v) is 2.93. The third-order valence-corrected chi connectivity index (χ3v) is 4.33. The SMILES string of the molecule is CCNC(=O)c1cccc(CN=C(N)NC2CCN(C(=O)OCC)CC2)c1.I. The Hall–Kier alpha value is -2.04. The predicted molar refractivity (Wildman–Crippen MR) is 120 cm³/mol. The third-order valence-electron chi connectivity index (χ3n) is 4.33. The van der Waals surface area contributed by atoms with Crippen molar-refractivity contribution < 1.29 is 14.3 Å². The Bertz CT molecular complexity index is 675. The van der Waals surface area contributed by atoms with Gasteiger partial charge in [0, 0.05) is 31.2 Å². The highest BCUT2D eigenvalue weighted by atomic mass is 127. The predicted octanol–water partition coefficient (Wildman–Crippen LogP) is 2.08. The molecule has 0 radical (unpaired) electrons. The Morgan fingerprint density at radius 1 is 1.29 bits per heavy atom. The highest BCUT2D eigenvalue weighted by molar-refractivity contribution is 14.0. The van der Waals surface area contributed by atoms with E-state index in [1.165, 1.54) is 0 Å². The lowest BCUT2D eigenvalue weighted by molar-refractivity contribution is 0.0950. The van der Waals surface area contributed by atoms with Gasteiger partial charge in [-0.05, 0) is 44.4 Å². The van der Waals surface area contributed by atoms with Gasteiger partial charge in [0.05, 0.1) is 13.2 Å². The number of nitrogens with one attached hydrogen (secondary N) is 2. The normalized spacial score (nSPS) is 14.8. The molecule has 0 bridgehead atoms. The summed E-state index contributed by atoms with van der Waals surface area (Å²) in [6.07, 6.45) is 1.33. The van der Waals surface area contributed by atoms with Gasteiger partial charge in [-0.3, -0.25) is 4.79 Å². The van der Waals surface area contributed by atoms with Gasteiger partial charge in [0.1, 0.15) is 0 Å². The lowest BCUT2D eigenvalue weighted by Gasteiger charge is -2.31. The first kappa shape index (κ1) is 24.0. The maximum absolute atomic E-state index is 11.9. The molecule has 1 aromatic carbocycles. The van der Waals surface area contributed by atoms with Crippen LogP contribution in [0.3, 0.4) is 0 Å². The number of hydrogen-bond acceptors (Lipinski definition) is 4. The van der Waals surface area contributed by atoms with Gasteiger partial charge in [-0.2, -0.15) is 0 Å². The second-order valence-corrected chi connectivity index (χ2v) is 6.37. The lowest BCUT2D eigenvalue weighted by Crippen LogP contribution is -2.48. The van der Waals surface area contributed by atoms with E-state index in [-0.39, 0.29) is 42.0 Å². The molecule has 1 aliphatic heterocycles. The number of likely N-dealkylation sites (tertiary alicyclic amines) is 1. The van der Waals surface area contributed by atoms with E-state index >= 15 is 0 Å². The minimum atomic E-state index is -0.260. The summed E-state index contributed by atoms with van der Waals surface area (Å²) < 4.78 is 5.02. The quantitative estimate of drug-likeness (QED) is 0.313. The number of piperidine rings is 1. The molecule has 0 aromatic heterocycles. The van der Waals surface area contributed by atoms with Crippen LogP contribution in [0.4, 0.5) is 4.79 Å². The zero-order chi connectivity index (χ0) is 19.6. The molecule has 1 heterocycles. The number of nitrogens with zero attached hydrogens (tertiary/aromatic N) is 2. The van der Waals surface area contributed by atoms with Gasteiger partial charge in [0.2, 0.25) is 0 Å². The van der Waals surface area contributed by atoms with Crippen LogP contribution in [0.2, 0.25) is 0 Å². The maximum Gasteiger partial charge on any atom is 0.409 e. The smallest absolute Gasteiger partial charge is 0.409 e. The van der Waals surface area contributed by atoms with Crippen LogP contribution in [0.1, 0.15) is 42.6 Å². The van der Waals surface area contributed by atoms with Crippen molar-refractivity contribution in [3.63, 3.8) is 0 Å². The van der Waals surface area contributed by atoms with Crippen molar-refractivity contribution >= 4 is 41.9 Å². The first-order valence-electron chi connectivity index (χ1n) is 9.38. The number of amides is 2. The number of nitrogens with two attached hydrogens (primary N) is 1. The molecule has 0 atom stereocenters. The van der Waals surface area contributed by atoms with Gasteiger partial charge in [-0.15, -0.1) is 24.0 Å². The van der Waals surface area contributed by atoms with E-state index in [0.717, 1.165) is 18.4 Å². The molecular weight excluding hydrogens is 473 g/mol. The summed E-state index contributed by atoms with van der Waals surface area (Å²) in [6, 6.07) is 7.53. The minimum Gasteiger partial charge on any atom is -0.450 e. The first-order chi connectivity index (χ1) is 13.0. The van der Waals surface area contributed by atoms with Crippen LogP contribution in [0, 0.1) is 0 Å². The number of rotatable bonds is 6. The summed E-state index contributed by atoms with van der Waals surface area (Å²) in [6.45, 7) is 6.33. The lowest BCUT2D eigenvalue weighted by atomic mass is 10.1. The molecule has 2 amide bonds. The van der Waals surface area contributed by atoms with Crippen molar-refractivity contribution in [1.29, 1.82) is 0 Å². The molecule has 8 nitrogen and oxygen atoms in total. The molecule has 0 spiro atoms. The zero-order valence-electron chi connectivity index (χ0n) is 16.4. The summed E-state index contributed by atoms with van der Waals surface area (Å²) in [5.41, 5.74) is 7.53. The van der Waals surface area contributed by atoms with Crippen LogP contribution >= 0.6 is 24.0 Å². The van der Waals surface area contributed by atoms with Crippen LogP contribution in [0.5, 0.6) is 0 Å². The molecule has 28 heavy (non-hydrogen) atoms. The molecule has 1 aliphatic rings. The molecule has 9 heteroatoms. The van der Waals surface area contributed by atoms with E-state index in [2.05, 4.69) is 15.6 Å². The molecule has 0 unspecified atom stereocenters. The second kappa shape index (κ2) is 12.4. The topological polar surface area (TPSA) is 109 Å². The van der Waals surface area contributed by atoms with Crippen molar-refractivity contribution in [2.45, 2.75) is 39.3 Å². The van der Waals surface area contributed by atoms with E-state index < -0.39 is 0 Å². The number of carbonyl (C=O) groups excluding carboxylic acids is 2. The van der Waals surface area contributed by atoms with Crippen molar-refractivity contribution in [3.8, 4) is 0 Å². The van der Waals surface area contributed by atoms with E-state index in [0.29, 0.717) is 44.3 Å². The van der Waals surface area contributed by atoms with Gasteiger partial charge in [0.25, 0.3) is 5.91 Å². The number of guanidine groups is 1. The molecule has 1 saturated heterocycles. The summed E-state index contributed by atoms with van der Waals surface area (Å²) in [4.78, 5) is 29.7. The van der Waals surface area contributed by atoms with Crippen LogP contribution in [0.15, 0.2) is 29.3 Å². The number of benzene rings is 1. The van der Waals surface area contributed by atoms with E-state index in [1.807, 2.05) is 25.1 Å². The number of aliphatic imine (C=N–C) groups is 1. The minimum absolute atomic E-state index is 0. The zero-order valence-corrected chi connectivity index (χ0v) is 18.8. The summed E-state index contributed by atoms with van der Waals surface area (Å²) in [7, 11) is 0. The molecule has 4 N–H and O–H groups in total. The van der Waals surface area contributed by atoms with E-state index in [4.69, 9.17) is 10.5 Å². The highest BCUT2D eigenvalue weighted by Crippen LogP contribution is 2.11. The molecule has 1 fully saturated rings. The van der Waals surface area contributed by atoms with Crippen LogP contribution in [-0.4, -0.2) is 55.1 Å². The third kappa shape index (κ3) is 7.53. The van der Waals surface area contributed by atoms with Gasteiger partial charge < -0.3 is 26.0 Å². The second-order valence-electron chi connectivity index (χ2n) is 6.37.